The molecule has 1 N–H and O–H groups in total. The summed E-state index contributed by atoms with van der Waals surface area (Å²) >= 11 is 0. The van der Waals surface area contributed by atoms with Gasteiger partial charge in [0.15, 0.2) is 0 Å². The summed E-state index contributed by atoms with van der Waals surface area (Å²) in [5.74, 6) is 1.42. The van der Waals surface area contributed by atoms with Crippen molar-refractivity contribution in [2.24, 2.45) is 0 Å². The number of imidazole rings is 1. The van der Waals surface area contributed by atoms with Crippen molar-refractivity contribution in [2.45, 2.75) is 6.54 Å². The Morgan fingerprint density at radius 1 is 0.963 bits per heavy atom. The van der Waals surface area contributed by atoms with Gasteiger partial charge in [-0.05, 0) is 36.4 Å². The van der Waals surface area contributed by atoms with E-state index in [1.807, 2.05) is 83.4 Å². The molecule has 0 aliphatic carbocycles. The van der Waals surface area contributed by atoms with Gasteiger partial charge in [0, 0.05) is 11.3 Å². The lowest BCUT2D eigenvalue weighted by atomic mass is 10.2. The Morgan fingerprint density at radius 2 is 1.67 bits per heavy atom. The first-order chi connectivity index (χ1) is 13.2. The second-order valence-electron chi connectivity index (χ2n) is 6.15. The molecule has 0 bridgehead atoms. The molecule has 4 aromatic rings. The molecule has 0 fully saturated rings. The zero-order valence-electron chi connectivity index (χ0n) is 14.9. The van der Waals surface area contributed by atoms with Gasteiger partial charge in [0.05, 0.1) is 18.1 Å². The molecule has 134 valence electrons. The first-order valence-electron chi connectivity index (χ1n) is 8.69. The molecule has 1 aromatic heterocycles. The van der Waals surface area contributed by atoms with E-state index < -0.39 is 0 Å². The molecule has 1 heterocycles. The van der Waals surface area contributed by atoms with Crippen LogP contribution in [0.3, 0.4) is 0 Å². The van der Waals surface area contributed by atoms with E-state index in [0.717, 1.165) is 33.9 Å². The van der Waals surface area contributed by atoms with Crippen molar-refractivity contribution in [1.82, 2.24) is 9.55 Å². The fourth-order valence-corrected chi connectivity index (χ4v) is 3.06. The lowest BCUT2D eigenvalue weighted by Gasteiger charge is -2.10. The lowest BCUT2D eigenvalue weighted by Crippen LogP contribution is -2.19. The highest BCUT2D eigenvalue weighted by Crippen LogP contribution is 2.25. The van der Waals surface area contributed by atoms with Crippen LogP contribution in [0.15, 0.2) is 78.9 Å². The van der Waals surface area contributed by atoms with Gasteiger partial charge in [0.2, 0.25) is 5.91 Å². The molecule has 0 saturated heterocycles. The average molecular weight is 357 g/mol. The number of benzene rings is 3. The predicted molar refractivity (Wildman–Crippen MR) is 107 cm³/mol. The summed E-state index contributed by atoms with van der Waals surface area (Å²) in [6.07, 6.45) is 0. The van der Waals surface area contributed by atoms with Crippen molar-refractivity contribution in [2.75, 3.05) is 12.4 Å². The number of hydrogen-bond acceptors (Lipinski definition) is 3. The topological polar surface area (TPSA) is 56.1 Å². The number of ether oxygens (including phenoxy) is 1. The zero-order chi connectivity index (χ0) is 18.6. The van der Waals surface area contributed by atoms with E-state index in [1.165, 1.54) is 0 Å². The molecule has 0 saturated carbocycles. The number of nitrogens with one attached hydrogen (secondary N) is 1. The van der Waals surface area contributed by atoms with Crippen molar-refractivity contribution in [3.8, 4) is 17.1 Å². The molecule has 0 atom stereocenters. The van der Waals surface area contributed by atoms with E-state index in [1.54, 1.807) is 7.11 Å². The lowest BCUT2D eigenvalue weighted by molar-refractivity contribution is -0.116. The molecule has 5 nitrogen and oxygen atoms in total. The Bertz CT molecular complexity index is 1070. The van der Waals surface area contributed by atoms with Crippen LogP contribution in [0.4, 0.5) is 5.69 Å². The van der Waals surface area contributed by atoms with Crippen molar-refractivity contribution in [1.29, 1.82) is 0 Å². The highest BCUT2D eigenvalue weighted by Gasteiger charge is 2.15. The normalized spacial score (nSPS) is 10.7. The number of amides is 1. The zero-order valence-corrected chi connectivity index (χ0v) is 14.9. The third kappa shape index (κ3) is 3.53. The summed E-state index contributed by atoms with van der Waals surface area (Å²) in [7, 11) is 1.61. The van der Waals surface area contributed by atoms with Gasteiger partial charge in [-0.1, -0.05) is 42.5 Å². The molecule has 0 aliphatic rings. The molecular weight excluding hydrogens is 338 g/mol. The third-order valence-electron chi connectivity index (χ3n) is 4.36. The number of carbonyl (C=O) groups is 1. The van der Waals surface area contributed by atoms with E-state index >= 15 is 0 Å². The fraction of sp³-hybridized carbons (Fsp3) is 0.0909. The van der Waals surface area contributed by atoms with Crippen LogP contribution in [-0.2, 0) is 11.3 Å². The standard InChI is InChI=1S/C22H19N3O2/c1-27-18-13-11-17(12-14-18)23-21(26)15-25-20-10-6-5-9-19(20)24-22(25)16-7-3-2-4-8-16/h2-14H,15H2,1H3,(H,23,26). The number of methoxy groups -OCH3 is 1. The third-order valence-corrected chi connectivity index (χ3v) is 4.36. The summed E-state index contributed by atoms with van der Waals surface area (Å²) in [6.45, 7) is 0.177. The first-order valence-corrected chi connectivity index (χ1v) is 8.69. The molecule has 0 radical (unpaired) electrons. The number of para-hydroxylation sites is 2. The molecule has 4 rings (SSSR count). The van der Waals surface area contributed by atoms with E-state index in [-0.39, 0.29) is 12.5 Å². The van der Waals surface area contributed by atoms with Crippen LogP contribution in [0.25, 0.3) is 22.4 Å². The van der Waals surface area contributed by atoms with Crippen LogP contribution in [0, 0.1) is 0 Å². The van der Waals surface area contributed by atoms with Crippen molar-refractivity contribution in [3.05, 3.63) is 78.9 Å². The molecular formula is C22H19N3O2. The number of carbonyl (C=O) groups excluding carboxylic acids is 1. The predicted octanol–water partition coefficient (Wildman–Crippen LogP) is 4.35. The van der Waals surface area contributed by atoms with Gasteiger partial charge in [0.25, 0.3) is 0 Å². The largest absolute Gasteiger partial charge is 0.497 e. The Morgan fingerprint density at radius 3 is 2.41 bits per heavy atom. The second kappa shape index (κ2) is 7.33. The maximum atomic E-state index is 12.7. The van der Waals surface area contributed by atoms with E-state index in [0.29, 0.717) is 0 Å². The molecule has 3 aromatic carbocycles. The highest BCUT2D eigenvalue weighted by molar-refractivity contribution is 5.92. The second-order valence-corrected chi connectivity index (χ2v) is 6.15. The quantitative estimate of drug-likeness (QED) is 0.578. The summed E-state index contributed by atoms with van der Waals surface area (Å²) in [5.41, 5.74) is 3.51. The Balaban J connectivity index is 1.65. The molecule has 0 unspecified atom stereocenters. The van der Waals surface area contributed by atoms with Gasteiger partial charge in [-0.25, -0.2) is 4.98 Å². The number of hydrogen-bond donors (Lipinski definition) is 1. The smallest absolute Gasteiger partial charge is 0.244 e. The molecule has 0 spiro atoms. The summed E-state index contributed by atoms with van der Waals surface area (Å²) < 4.78 is 7.10. The molecule has 27 heavy (non-hydrogen) atoms. The minimum atomic E-state index is -0.111. The SMILES string of the molecule is COc1ccc(NC(=O)Cn2c(-c3ccccc3)nc3ccccc32)cc1. The summed E-state index contributed by atoms with van der Waals surface area (Å²) in [5, 5.41) is 2.93. The van der Waals surface area contributed by atoms with Crippen LogP contribution in [-0.4, -0.2) is 22.6 Å². The maximum absolute atomic E-state index is 12.7. The van der Waals surface area contributed by atoms with Gasteiger partial charge in [-0.15, -0.1) is 0 Å². The van der Waals surface area contributed by atoms with Gasteiger partial charge >= 0.3 is 0 Å². The van der Waals surface area contributed by atoms with Crippen LogP contribution in [0.2, 0.25) is 0 Å². The van der Waals surface area contributed by atoms with Crippen molar-refractivity contribution < 1.29 is 9.53 Å². The van der Waals surface area contributed by atoms with Crippen molar-refractivity contribution in [3.63, 3.8) is 0 Å². The molecule has 1 amide bonds. The maximum Gasteiger partial charge on any atom is 0.244 e. The summed E-state index contributed by atoms with van der Waals surface area (Å²) in [6, 6.07) is 25.0. The number of fused-ring (bicyclic) bond motifs is 1. The fourth-order valence-electron chi connectivity index (χ4n) is 3.06. The minimum absolute atomic E-state index is 0.111. The van der Waals surface area contributed by atoms with Crippen molar-refractivity contribution >= 4 is 22.6 Å². The van der Waals surface area contributed by atoms with Crippen LogP contribution in [0.1, 0.15) is 0 Å². The number of nitrogens with zero attached hydrogens (tertiary/aromatic N) is 2. The number of aromatic nitrogens is 2. The number of rotatable bonds is 5. The van der Waals surface area contributed by atoms with Crippen LogP contribution in [0.5, 0.6) is 5.75 Å². The van der Waals surface area contributed by atoms with Gasteiger partial charge < -0.3 is 14.6 Å². The van der Waals surface area contributed by atoms with E-state index in [9.17, 15) is 4.79 Å². The highest BCUT2D eigenvalue weighted by atomic mass is 16.5. The minimum Gasteiger partial charge on any atom is -0.497 e. The monoisotopic (exact) mass is 357 g/mol. The Hall–Kier alpha value is -3.60. The van der Waals surface area contributed by atoms with E-state index in [4.69, 9.17) is 9.72 Å². The summed E-state index contributed by atoms with van der Waals surface area (Å²) in [4.78, 5) is 17.4. The Labute approximate surface area is 157 Å². The molecule has 0 aliphatic heterocycles. The number of anilines is 1. The average Bonchev–Trinajstić information content (AvgIpc) is 3.08. The van der Waals surface area contributed by atoms with Gasteiger partial charge in [0.1, 0.15) is 18.1 Å². The van der Waals surface area contributed by atoms with E-state index in [2.05, 4.69) is 5.32 Å². The molecule has 5 heteroatoms. The Kier molecular flexibility index (Phi) is 4.58. The van der Waals surface area contributed by atoms with Crippen LogP contribution < -0.4 is 10.1 Å². The van der Waals surface area contributed by atoms with Crippen LogP contribution >= 0.6 is 0 Å². The first kappa shape index (κ1) is 16.8. The van der Waals surface area contributed by atoms with Gasteiger partial charge in [-0.3, -0.25) is 4.79 Å². The van der Waals surface area contributed by atoms with Gasteiger partial charge in [-0.2, -0.15) is 0 Å².